The van der Waals surface area contributed by atoms with Crippen molar-refractivity contribution < 1.29 is 4.74 Å². The zero-order valence-corrected chi connectivity index (χ0v) is 10.4. The lowest BCUT2D eigenvalue weighted by molar-refractivity contribution is 0.299. The average molecular weight is 219 g/mol. The Balaban J connectivity index is 2.37. The van der Waals surface area contributed by atoms with Crippen LogP contribution in [0.5, 0.6) is 5.75 Å². The first-order chi connectivity index (χ1) is 7.52. The van der Waals surface area contributed by atoms with Gasteiger partial charge in [-0.3, -0.25) is 0 Å². The van der Waals surface area contributed by atoms with Crippen LogP contribution in [0.15, 0.2) is 18.2 Å². The Kier molecular flexibility index (Phi) is 2.94. The van der Waals surface area contributed by atoms with Gasteiger partial charge in [-0.25, -0.2) is 0 Å². The van der Waals surface area contributed by atoms with Gasteiger partial charge in [0.25, 0.3) is 0 Å². The van der Waals surface area contributed by atoms with E-state index in [9.17, 15) is 0 Å². The zero-order chi connectivity index (χ0) is 11.8. The summed E-state index contributed by atoms with van der Waals surface area (Å²) in [4.78, 5) is 0. The molecule has 16 heavy (non-hydrogen) atoms. The average Bonchev–Trinajstić information content (AvgIpc) is 3.00. The molecule has 0 spiro atoms. The van der Waals surface area contributed by atoms with Gasteiger partial charge in [-0.05, 0) is 29.9 Å². The summed E-state index contributed by atoms with van der Waals surface area (Å²) < 4.78 is 5.90. The maximum Gasteiger partial charge on any atom is 0.124 e. The Morgan fingerprint density at radius 2 is 2.00 bits per heavy atom. The number of hydrogen-bond donors (Lipinski definition) is 1. The van der Waals surface area contributed by atoms with E-state index in [2.05, 4.69) is 32.9 Å². The summed E-state index contributed by atoms with van der Waals surface area (Å²) in [5.41, 5.74) is 8.45. The highest BCUT2D eigenvalue weighted by molar-refractivity contribution is 5.43. The summed E-state index contributed by atoms with van der Waals surface area (Å²) in [6.07, 6.45) is 2.80. The lowest BCUT2D eigenvalue weighted by Gasteiger charge is -2.24. The topological polar surface area (TPSA) is 35.2 Å². The van der Waals surface area contributed by atoms with E-state index < -0.39 is 0 Å². The highest BCUT2D eigenvalue weighted by Crippen LogP contribution is 2.34. The number of ether oxygens (including phenoxy) is 1. The Bertz CT molecular complexity index is 375. The van der Waals surface area contributed by atoms with Gasteiger partial charge in [-0.1, -0.05) is 32.9 Å². The van der Waals surface area contributed by atoms with E-state index in [1.54, 1.807) is 0 Å². The Hall–Kier alpha value is -1.02. The first-order valence-corrected chi connectivity index (χ1v) is 6.01. The molecule has 0 bridgehead atoms. The van der Waals surface area contributed by atoms with Crippen molar-refractivity contribution in [2.24, 2.45) is 5.73 Å². The molecule has 1 aromatic carbocycles. The lowest BCUT2D eigenvalue weighted by atomic mass is 9.83. The summed E-state index contributed by atoms with van der Waals surface area (Å²) in [5.74, 6) is 0.984. The standard InChI is InChI=1S/C14H21NO/c1-14(2,3)12-5-4-6-13(11(12)9-15)16-10-7-8-10/h4-6,10H,7-9,15H2,1-3H3. The Morgan fingerprint density at radius 1 is 1.31 bits per heavy atom. The molecule has 1 aliphatic carbocycles. The van der Waals surface area contributed by atoms with Crippen molar-refractivity contribution >= 4 is 0 Å². The molecule has 1 fully saturated rings. The van der Waals surface area contributed by atoms with Crippen LogP contribution in [-0.2, 0) is 12.0 Å². The van der Waals surface area contributed by atoms with E-state index in [1.165, 1.54) is 24.0 Å². The number of hydrogen-bond acceptors (Lipinski definition) is 2. The Labute approximate surface area is 97.8 Å². The second-order valence-corrected chi connectivity index (χ2v) is 5.55. The highest BCUT2D eigenvalue weighted by Gasteiger charge is 2.26. The highest BCUT2D eigenvalue weighted by atomic mass is 16.5. The van der Waals surface area contributed by atoms with Crippen LogP contribution < -0.4 is 10.5 Å². The molecule has 1 aliphatic rings. The SMILES string of the molecule is CC(C)(C)c1cccc(OC2CC2)c1CN. The van der Waals surface area contributed by atoms with Crippen LogP contribution in [0.25, 0.3) is 0 Å². The molecule has 2 N–H and O–H groups in total. The van der Waals surface area contributed by atoms with Crippen molar-refractivity contribution in [1.82, 2.24) is 0 Å². The normalized spacial score (nSPS) is 16.2. The third kappa shape index (κ3) is 2.38. The molecular weight excluding hydrogens is 198 g/mol. The van der Waals surface area contributed by atoms with Crippen LogP contribution in [0.1, 0.15) is 44.7 Å². The largest absolute Gasteiger partial charge is 0.490 e. The number of benzene rings is 1. The van der Waals surface area contributed by atoms with Crippen molar-refractivity contribution in [3.63, 3.8) is 0 Å². The van der Waals surface area contributed by atoms with Gasteiger partial charge >= 0.3 is 0 Å². The van der Waals surface area contributed by atoms with E-state index in [1.807, 2.05) is 6.07 Å². The van der Waals surface area contributed by atoms with E-state index in [0.717, 1.165) is 5.75 Å². The minimum atomic E-state index is 0.123. The van der Waals surface area contributed by atoms with Gasteiger partial charge in [-0.2, -0.15) is 0 Å². The molecule has 1 saturated carbocycles. The molecule has 0 unspecified atom stereocenters. The van der Waals surface area contributed by atoms with Crippen molar-refractivity contribution in [1.29, 1.82) is 0 Å². The van der Waals surface area contributed by atoms with Gasteiger partial charge in [0.05, 0.1) is 6.10 Å². The molecule has 0 saturated heterocycles. The quantitative estimate of drug-likeness (QED) is 0.848. The van der Waals surface area contributed by atoms with Crippen LogP contribution in [0, 0.1) is 0 Å². The molecule has 0 aliphatic heterocycles. The van der Waals surface area contributed by atoms with Crippen LogP contribution in [0.4, 0.5) is 0 Å². The molecule has 2 heteroatoms. The van der Waals surface area contributed by atoms with E-state index in [4.69, 9.17) is 10.5 Å². The number of rotatable bonds is 3. The predicted molar refractivity (Wildman–Crippen MR) is 66.7 cm³/mol. The first-order valence-electron chi connectivity index (χ1n) is 6.01. The van der Waals surface area contributed by atoms with Gasteiger partial charge in [0.2, 0.25) is 0 Å². The summed E-state index contributed by atoms with van der Waals surface area (Å²) >= 11 is 0. The Morgan fingerprint density at radius 3 is 2.50 bits per heavy atom. The minimum absolute atomic E-state index is 0.123. The molecule has 2 nitrogen and oxygen atoms in total. The summed E-state index contributed by atoms with van der Waals surface area (Å²) in [7, 11) is 0. The molecule has 0 aromatic heterocycles. The summed E-state index contributed by atoms with van der Waals surface area (Å²) in [5, 5.41) is 0. The zero-order valence-electron chi connectivity index (χ0n) is 10.4. The molecule has 0 radical (unpaired) electrons. The molecule has 0 heterocycles. The van der Waals surface area contributed by atoms with Crippen LogP contribution in [-0.4, -0.2) is 6.10 Å². The molecule has 2 rings (SSSR count). The third-order valence-electron chi connectivity index (χ3n) is 2.96. The van der Waals surface area contributed by atoms with Gasteiger partial charge in [-0.15, -0.1) is 0 Å². The molecular formula is C14H21NO. The monoisotopic (exact) mass is 219 g/mol. The molecule has 88 valence electrons. The lowest BCUT2D eigenvalue weighted by Crippen LogP contribution is -2.17. The minimum Gasteiger partial charge on any atom is -0.490 e. The molecule has 0 amide bonds. The van der Waals surface area contributed by atoms with Gasteiger partial charge in [0.1, 0.15) is 5.75 Å². The van der Waals surface area contributed by atoms with E-state index in [-0.39, 0.29) is 5.41 Å². The van der Waals surface area contributed by atoms with Crippen molar-refractivity contribution in [2.75, 3.05) is 0 Å². The van der Waals surface area contributed by atoms with E-state index >= 15 is 0 Å². The second kappa shape index (κ2) is 4.10. The van der Waals surface area contributed by atoms with Crippen LogP contribution in [0.3, 0.4) is 0 Å². The van der Waals surface area contributed by atoms with Gasteiger partial charge < -0.3 is 10.5 Å². The van der Waals surface area contributed by atoms with Crippen LogP contribution in [0.2, 0.25) is 0 Å². The fourth-order valence-corrected chi connectivity index (χ4v) is 1.95. The maximum absolute atomic E-state index is 5.90. The summed E-state index contributed by atoms with van der Waals surface area (Å²) in [6.45, 7) is 7.18. The molecule has 0 atom stereocenters. The fraction of sp³-hybridized carbons (Fsp3) is 0.571. The van der Waals surface area contributed by atoms with Gasteiger partial charge in [0.15, 0.2) is 0 Å². The van der Waals surface area contributed by atoms with Gasteiger partial charge in [0, 0.05) is 12.1 Å². The first kappa shape index (κ1) is 11.5. The molecule has 1 aromatic rings. The van der Waals surface area contributed by atoms with Crippen molar-refractivity contribution in [2.45, 2.75) is 51.7 Å². The fourth-order valence-electron chi connectivity index (χ4n) is 1.95. The summed E-state index contributed by atoms with van der Waals surface area (Å²) in [6, 6.07) is 6.26. The third-order valence-corrected chi connectivity index (χ3v) is 2.96. The second-order valence-electron chi connectivity index (χ2n) is 5.55. The maximum atomic E-state index is 5.90. The predicted octanol–water partition coefficient (Wildman–Crippen LogP) is 2.98. The number of nitrogens with two attached hydrogens (primary N) is 1. The smallest absolute Gasteiger partial charge is 0.124 e. The van der Waals surface area contributed by atoms with E-state index in [0.29, 0.717) is 12.6 Å². The van der Waals surface area contributed by atoms with Crippen LogP contribution >= 0.6 is 0 Å². The van der Waals surface area contributed by atoms with Crippen molar-refractivity contribution in [3.8, 4) is 5.75 Å². The van der Waals surface area contributed by atoms with Crippen molar-refractivity contribution in [3.05, 3.63) is 29.3 Å².